The van der Waals surface area contributed by atoms with Crippen LogP contribution in [0.4, 0.5) is 0 Å². The Morgan fingerprint density at radius 1 is 0.893 bits per heavy atom. The lowest BCUT2D eigenvalue weighted by atomic mass is 9.95. The maximum atomic E-state index is 13.3. The van der Waals surface area contributed by atoms with E-state index in [1.165, 1.54) is 38.5 Å². The van der Waals surface area contributed by atoms with E-state index in [4.69, 9.17) is 5.73 Å². The zero-order valence-corrected chi connectivity index (χ0v) is 18.8. The van der Waals surface area contributed by atoms with Crippen molar-refractivity contribution in [3.63, 3.8) is 0 Å². The van der Waals surface area contributed by atoms with Gasteiger partial charge in [0.05, 0.1) is 6.04 Å². The van der Waals surface area contributed by atoms with Gasteiger partial charge in [0.25, 0.3) is 0 Å². The first kappa shape index (κ1) is 24.7. The van der Waals surface area contributed by atoms with Gasteiger partial charge < -0.3 is 10.6 Å². The molecule has 0 aliphatic carbocycles. The molecule has 0 saturated carbocycles. The molecule has 0 radical (unpaired) electrons. The summed E-state index contributed by atoms with van der Waals surface area (Å²) in [5.74, 6) is 1.29. The third-order valence-corrected chi connectivity index (χ3v) is 5.97. The standard InChI is InChI=1S/C25H44N2O/c1-5-9-14-21(7-3)19-27(20-22(8-4)15-10-6-2)25(28)24(26)18-23-16-12-11-13-17-23/h11-13,16-17,21-22,24H,5-10,14-15,18-20,26H2,1-4H3/t21?,22?,24-/m0/s1. The first-order chi connectivity index (χ1) is 13.5. The summed E-state index contributed by atoms with van der Waals surface area (Å²) in [6.07, 6.45) is 10.2. The van der Waals surface area contributed by atoms with Gasteiger partial charge in [0.1, 0.15) is 0 Å². The molecule has 28 heavy (non-hydrogen) atoms. The van der Waals surface area contributed by atoms with E-state index in [1.54, 1.807) is 0 Å². The number of rotatable bonds is 15. The van der Waals surface area contributed by atoms with Gasteiger partial charge in [-0.25, -0.2) is 0 Å². The van der Waals surface area contributed by atoms with Crippen molar-refractivity contribution < 1.29 is 4.79 Å². The van der Waals surface area contributed by atoms with E-state index in [1.807, 2.05) is 18.2 Å². The van der Waals surface area contributed by atoms with Crippen molar-refractivity contribution in [3.05, 3.63) is 35.9 Å². The first-order valence-corrected chi connectivity index (χ1v) is 11.6. The number of hydrogen-bond acceptors (Lipinski definition) is 2. The third-order valence-electron chi connectivity index (χ3n) is 5.97. The molecule has 1 aromatic carbocycles. The van der Waals surface area contributed by atoms with Gasteiger partial charge in [-0.05, 0) is 36.7 Å². The van der Waals surface area contributed by atoms with Gasteiger partial charge in [0.15, 0.2) is 0 Å². The number of unbranched alkanes of at least 4 members (excludes halogenated alkanes) is 2. The lowest BCUT2D eigenvalue weighted by Gasteiger charge is -2.32. The molecular weight excluding hydrogens is 344 g/mol. The van der Waals surface area contributed by atoms with E-state index < -0.39 is 6.04 Å². The summed E-state index contributed by atoms with van der Waals surface area (Å²) in [7, 11) is 0. The highest BCUT2D eigenvalue weighted by atomic mass is 16.2. The van der Waals surface area contributed by atoms with Gasteiger partial charge in [-0.1, -0.05) is 96.6 Å². The fraction of sp³-hybridized carbons (Fsp3) is 0.720. The molecule has 3 atom stereocenters. The van der Waals surface area contributed by atoms with Crippen LogP contribution in [0.3, 0.4) is 0 Å². The topological polar surface area (TPSA) is 46.3 Å². The Labute approximate surface area is 174 Å². The predicted octanol–water partition coefficient (Wildman–Crippen LogP) is 5.82. The highest BCUT2D eigenvalue weighted by Crippen LogP contribution is 2.20. The van der Waals surface area contributed by atoms with Crippen LogP contribution < -0.4 is 5.73 Å². The summed E-state index contributed by atoms with van der Waals surface area (Å²) < 4.78 is 0. The second-order valence-electron chi connectivity index (χ2n) is 8.37. The van der Waals surface area contributed by atoms with Crippen molar-refractivity contribution in [3.8, 4) is 0 Å². The van der Waals surface area contributed by atoms with Crippen LogP contribution in [0.5, 0.6) is 0 Å². The molecule has 3 heteroatoms. The van der Waals surface area contributed by atoms with Crippen molar-refractivity contribution in [2.45, 2.75) is 91.5 Å². The molecule has 2 N–H and O–H groups in total. The highest BCUT2D eigenvalue weighted by molar-refractivity contribution is 5.82. The van der Waals surface area contributed by atoms with Crippen LogP contribution in [-0.4, -0.2) is 29.9 Å². The minimum absolute atomic E-state index is 0.133. The molecular formula is C25H44N2O. The summed E-state index contributed by atoms with van der Waals surface area (Å²) in [5.41, 5.74) is 7.53. The van der Waals surface area contributed by atoms with Crippen LogP contribution in [0.2, 0.25) is 0 Å². The predicted molar refractivity (Wildman–Crippen MR) is 121 cm³/mol. The Balaban J connectivity index is 2.84. The summed E-state index contributed by atoms with van der Waals surface area (Å²) in [6, 6.07) is 9.70. The van der Waals surface area contributed by atoms with Crippen LogP contribution in [0.1, 0.15) is 84.6 Å². The molecule has 1 rings (SSSR count). The zero-order valence-electron chi connectivity index (χ0n) is 18.8. The Hall–Kier alpha value is -1.35. The van der Waals surface area contributed by atoms with Gasteiger partial charge in [0.2, 0.25) is 5.91 Å². The molecule has 0 aliphatic heterocycles. The van der Waals surface area contributed by atoms with Crippen molar-refractivity contribution >= 4 is 5.91 Å². The molecule has 0 aromatic heterocycles. The van der Waals surface area contributed by atoms with Crippen molar-refractivity contribution in [2.75, 3.05) is 13.1 Å². The second kappa shape index (κ2) is 14.6. The largest absolute Gasteiger partial charge is 0.341 e. The monoisotopic (exact) mass is 388 g/mol. The summed E-state index contributed by atoms with van der Waals surface area (Å²) in [4.78, 5) is 15.4. The average Bonchev–Trinajstić information content (AvgIpc) is 2.72. The van der Waals surface area contributed by atoms with E-state index in [0.717, 1.165) is 31.5 Å². The zero-order chi connectivity index (χ0) is 20.8. The number of hydrogen-bond donors (Lipinski definition) is 1. The SMILES string of the molecule is CCCCC(CC)CN(CC(CC)CCCC)C(=O)[C@@H](N)Cc1ccccc1. The molecule has 0 bridgehead atoms. The van der Waals surface area contributed by atoms with Crippen LogP contribution in [0.15, 0.2) is 30.3 Å². The molecule has 0 aliphatic rings. The smallest absolute Gasteiger partial charge is 0.239 e. The van der Waals surface area contributed by atoms with E-state index in [2.05, 4.69) is 44.7 Å². The number of amides is 1. The minimum atomic E-state index is -0.449. The molecule has 3 nitrogen and oxygen atoms in total. The summed E-state index contributed by atoms with van der Waals surface area (Å²) in [5, 5.41) is 0. The van der Waals surface area contributed by atoms with Gasteiger partial charge >= 0.3 is 0 Å². The number of benzene rings is 1. The second-order valence-corrected chi connectivity index (χ2v) is 8.37. The number of nitrogens with two attached hydrogens (primary N) is 1. The minimum Gasteiger partial charge on any atom is -0.341 e. The van der Waals surface area contributed by atoms with Crippen LogP contribution in [0, 0.1) is 11.8 Å². The maximum absolute atomic E-state index is 13.3. The van der Waals surface area contributed by atoms with Crippen LogP contribution >= 0.6 is 0 Å². The fourth-order valence-electron chi connectivity index (χ4n) is 3.90. The van der Waals surface area contributed by atoms with E-state index >= 15 is 0 Å². The van der Waals surface area contributed by atoms with Gasteiger partial charge in [-0.2, -0.15) is 0 Å². The molecule has 160 valence electrons. The average molecular weight is 389 g/mol. The maximum Gasteiger partial charge on any atom is 0.239 e. The van der Waals surface area contributed by atoms with Crippen molar-refractivity contribution in [1.29, 1.82) is 0 Å². The van der Waals surface area contributed by atoms with Gasteiger partial charge in [0, 0.05) is 13.1 Å². The number of carbonyl (C=O) groups is 1. The lowest BCUT2D eigenvalue weighted by Crippen LogP contribution is -2.48. The quantitative estimate of drug-likeness (QED) is 0.411. The molecule has 1 amide bonds. The molecule has 1 aromatic rings. The van der Waals surface area contributed by atoms with E-state index in [9.17, 15) is 4.79 Å². The fourth-order valence-corrected chi connectivity index (χ4v) is 3.90. The van der Waals surface area contributed by atoms with Crippen molar-refractivity contribution in [2.24, 2.45) is 17.6 Å². The highest BCUT2D eigenvalue weighted by Gasteiger charge is 2.25. The van der Waals surface area contributed by atoms with Crippen molar-refractivity contribution in [1.82, 2.24) is 4.90 Å². The Bertz CT molecular complexity index is 499. The normalized spacial score (nSPS) is 14.5. The van der Waals surface area contributed by atoms with E-state index in [0.29, 0.717) is 18.3 Å². The molecule has 0 heterocycles. The molecule has 0 spiro atoms. The summed E-state index contributed by atoms with van der Waals surface area (Å²) in [6.45, 7) is 10.7. The lowest BCUT2D eigenvalue weighted by molar-refractivity contribution is -0.134. The Morgan fingerprint density at radius 2 is 1.39 bits per heavy atom. The number of carbonyl (C=O) groups excluding carboxylic acids is 1. The summed E-state index contributed by atoms with van der Waals surface area (Å²) >= 11 is 0. The van der Waals surface area contributed by atoms with Crippen LogP contribution in [0.25, 0.3) is 0 Å². The van der Waals surface area contributed by atoms with Gasteiger partial charge in [-0.3, -0.25) is 4.79 Å². The van der Waals surface area contributed by atoms with Gasteiger partial charge in [-0.15, -0.1) is 0 Å². The Morgan fingerprint density at radius 3 is 1.82 bits per heavy atom. The Kier molecular flexibility index (Phi) is 12.9. The molecule has 0 fully saturated rings. The number of nitrogens with zero attached hydrogens (tertiary/aromatic N) is 1. The molecule has 2 unspecified atom stereocenters. The first-order valence-electron chi connectivity index (χ1n) is 11.6. The van der Waals surface area contributed by atoms with Crippen LogP contribution in [-0.2, 0) is 11.2 Å². The third kappa shape index (κ3) is 9.23. The molecule has 0 saturated heterocycles. The van der Waals surface area contributed by atoms with E-state index in [-0.39, 0.29) is 5.91 Å².